The molecule has 0 radical (unpaired) electrons. The van der Waals surface area contributed by atoms with E-state index in [0.29, 0.717) is 30.9 Å². The molecule has 1 aliphatic heterocycles. The quantitative estimate of drug-likeness (QED) is 0.614. The van der Waals surface area contributed by atoms with Crippen LogP contribution < -0.4 is 4.74 Å². The molecule has 0 spiro atoms. The van der Waals surface area contributed by atoms with Crippen LogP contribution in [0.3, 0.4) is 0 Å². The summed E-state index contributed by atoms with van der Waals surface area (Å²) in [6.45, 7) is 4.28. The first-order valence-corrected chi connectivity index (χ1v) is 6.92. The van der Waals surface area contributed by atoms with Gasteiger partial charge in [-0.2, -0.15) is 5.26 Å². The molecule has 5 nitrogen and oxygen atoms in total. The van der Waals surface area contributed by atoms with Crippen LogP contribution >= 0.6 is 0 Å². The molecule has 0 aromatic heterocycles. The number of hydrogen-bond donors (Lipinski definition) is 0. The lowest BCUT2D eigenvalue weighted by Crippen LogP contribution is -2.34. The average Bonchev–Trinajstić information content (AvgIpc) is 2.65. The molecule has 110 valence electrons. The first-order chi connectivity index (χ1) is 9.95. The van der Waals surface area contributed by atoms with Crippen molar-refractivity contribution in [1.29, 1.82) is 5.26 Å². The van der Waals surface area contributed by atoms with Crippen molar-refractivity contribution < 1.29 is 14.3 Å². The Bertz CT molecular complexity index is 602. The molecule has 1 heterocycles. The van der Waals surface area contributed by atoms with Crippen LogP contribution in [0.4, 0.5) is 0 Å². The van der Waals surface area contributed by atoms with Gasteiger partial charge >= 0.3 is 0 Å². The number of nitrogens with zero attached hydrogens (tertiary/aromatic N) is 2. The normalized spacial score (nSPS) is 16.9. The number of rotatable bonds is 5. The molecular weight excluding hydrogens is 268 g/mol. The van der Waals surface area contributed by atoms with E-state index in [-0.39, 0.29) is 18.2 Å². The Balaban J connectivity index is 1.85. The monoisotopic (exact) mass is 286 g/mol. The predicted octanol–water partition coefficient (Wildman–Crippen LogP) is 2.11. The molecule has 0 aliphatic carbocycles. The SMILES string of the molecule is CC1(C)CC(=O)N(CCCOc2ccccc2C#N)C1=O. The molecule has 2 amide bonds. The zero-order chi connectivity index (χ0) is 15.5. The molecule has 0 bridgehead atoms. The van der Waals surface area contributed by atoms with E-state index in [0.717, 1.165) is 0 Å². The number of carbonyl (C=O) groups is 2. The fraction of sp³-hybridized carbons (Fsp3) is 0.438. The molecule has 1 aromatic rings. The molecule has 0 atom stereocenters. The summed E-state index contributed by atoms with van der Waals surface area (Å²) in [5.41, 5.74) is -0.113. The molecule has 1 aromatic carbocycles. The number of imide groups is 1. The Labute approximate surface area is 124 Å². The van der Waals surface area contributed by atoms with Gasteiger partial charge in [0, 0.05) is 13.0 Å². The van der Waals surface area contributed by atoms with Crippen LogP contribution in [0, 0.1) is 16.7 Å². The average molecular weight is 286 g/mol. The van der Waals surface area contributed by atoms with Gasteiger partial charge in [-0.1, -0.05) is 26.0 Å². The van der Waals surface area contributed by atoms with Crippen LogP contribution in [-0.4, -0.2) is 29.9 Å². The van der Waals surface area contributed by atoms with Crippen LogP contribution in [0.2, 0.25) is 0 Å². The van der Waals surface area contributed by atoms with Crippen LogP contribution in [0.1, 0.15) is 32.3 Å². The summed E-state index contributed by atoms with van der Waals surface area (Å²) < 4.78 is 5.54. The molecule has 1 aliphatic rings. The van der Waals surface area contributed by atoms with Crippen molar-refractivity contribution in [3.63, 3.8) is 0 Å². The molecule has 0 saturated carbocycles. The van der Waals surface area contributed by atoms with Crippen LogP contribution in [-0.2, 0) is 9.59 Å². The van der Waals surface area contributed by atoms with E-state index < -0.39 is 5.41 Å². The molecular formula is C16H18N2O3. The smallest absolute Gasteiger partial charge is 0.235 e. The third kappa shape index (κ3) is 3.22. The molecule has 0 unspecified atom stereocenters. The maximum Gasteiger partial charge on any atom is 0.235 e. The second-order valence-corrected chi connectivity index (χ2v) is 5.72. The van der Waals surface area contributed by atoms with E-state index >= 15 is 0 Å². The highest BCUT2D eigenvalue weighted by Gasteiger charge is 2.44. The summed E-state index contributed by atoms with van der Waals surface area (Å²) in [5.74, 6) is 0.284. The lowest BCUT2D eigenvalue weighted by atomic mass is 9.92. The minimum absolute atomic E-state index is 0.120. The van der Waals surface area contributed by atoms with Gasteiger partial charge in [0.15, 0.2) is 0 Å². The third-order valence-electron chi connectivity index (χ3n) is 3.51. The summed E-state index contributed by atoms with van der Waals surface area (Å²) >= 11 is 0. The minimum Gasteiger partial charge on any atom is -0.492 e. The lowest BCUT2D eigenvalue weighted by Gasteiger charge is -2.17. The van der Waals surface area contributed by atoms with E-state index in [2.05, 4.69) is 6.07 Å². The molecule has 21 heavy (non-hydrogen) atoms. The number of hydrogen-bond acceptors (Lipinski definition) is 4. The van der Waals surface area contributed by atoms with Gasteiger partial charge in [-0.05, 0) is 18.6 Å². The highest BCUT2D eigenvalue weighted by Crippen LogP contribution is 2.31. The Morgan fingerprint density at radius 1 is 1.33 bits per heavy atom. The van der Waals surface area contributed by atoms with E-state index in [1.165, 1.54) is 4.90 Å². The molecule has 5 heteroatoms. The van der Waals surface area contributed by atoms with E-state index in [4.69, 9.17) is 10.00 Å². The molecule has 1 fully saturated rings. The summed E-state index contributed by atoms with van der Waals surface area (Å²) in [6.07, 6.45) is 0.817. The van der Waals surface area contributed by atoms with Crippen LogP contribution in [0.25, 0.3) is 0 Å². The van der Waals surface area contributed by atoms with Crippen LogP contribution in [0.5, 0.6) is 5.75 Å². The van der Waals surface area contributed by atoms with Crippen molar-refractivity contribution in [1.82, 2.24) is 4.90 Å². The number of carbonyl (C=O) groups excluding carboxylic acids is 2. The maximum atomic E-state index is 12.0. The van der Waals surface area contributed by atoms with Gasteiger partial charge in [-0.25, -0.2) is 0 Å². The van der Waals surface area contributed by atoms with Gasteiger partial charge in [0.1, 0.15) is 11.8 Å². The first kappa shape index (κ1) is 15.0. The lowest BCUT2D eigenvalue weighted by molar-refractivity contribution is -0.140. The number of para-hydroxylation sites is 1. The largest absolute Gasteiger partial charge is 0.492 e. The Hall–Kier alpha value is -2.35. The third-order valence-corrected chi connectivity index (χ3v) is 3.51. The number of nitriles is 1. The summed E-state index contributed by atoms with van der Waals surface area (Å²) in [7, 11) is 0. The highest BCUT2D eigenvalue weighted by molar-refractivity contribution is 6.05. The number of amides is 2. The predicted molar refractivity (Wildman–Crippen MR) is 76.4 cm³/mol. The zero-order valence-electron chi connectivity index (χ0n) is 12.3. The molecule has 1 saturated heterocycles. The summed E-state index contributed by atoms with van der Waals surface area (Å²) in [4.78, 5) is 25.1. The second-order valence-electron chi connectivity index (χ2n) is 5.72. The second kappa shape index (κ2) is 5.96. The van der Waals surface area contributed by atoms with Gasteiger partial charge in [-0.3, -0.25) is 14.5 Å². The first-order valence-electron chi connectivity index (χ1n) is 6.92. The number of likely N-dealkylation sites (tertiary alicyclic amines) is 1. The van der Waals surface area contributed by atoms with Crippen molar-refractivity contribution in [2.45, 2.75) is 26.7 Å². The van der Waals surface area contributed by atoms with E-state index in [1.807, 2.05) is 0 Å². The number of ether oxygens (including phenoxy) is 1. The Morgan fingerprint density at radius 2 is 2.05 bits per heavy atom. The van der Waals surface area contributed by atoms with Gasteiger partial charge in [0.05, 0.1) is 17.6 Å². The van der Waals surface area contributed by atoms with Crippen molar-refractivity contribution in [2.75, 3.05) is 13.2 Å². The zero-order valence-corrected chi connectivity index (χ0v) is 12.3. The van der Waals surface area contributed by atoms with Crippen molar-refractivity contribution in [3.05, 3.63) is 29.8 Å². The van der Waals surface area contributed by atoms with Gasteiger partial charge < -0.3 is 4.74 Å². The van der Waals surface area contributed by atoms with Crippen molar-refractivity contribution in [2.24, 2.45) is 5.41 Å². The van der Waals surface area contributed by atoms with Crippen molar-refractivity contribution >= 4 is 11.8 Å². The molecule has 0 N–H and O–H groups in total. The standard InChI is InChI=1S/C16H18N2O3/c1-16(2)10-14(19)18(15(16)20)8-5-9-21-13-7-4-3-6-12(13)11-17/h3-4,6-7H,5,8-10H2,1-2H3. The van der Waals surface area contributed by atoms with Crippen molar-refractivity contribution in [3.8, 4) is 11.8 Å². The fourth-order valence-corrected chi connectivity index (χ4v) is 2.34. The summed E-state index contributed by atoms with van der Waals surface area (Å²) in [6, 6.07) is 9.05. The van der Waals surface area contributed by atoms with Gasteiger partial charge in [-0.15, -0.1) is 0 Å². The number of benzene rings is 1. The van der Waals surface area contributed by atoms with Crippen LogP contribution in [0.15, 0.2) is 24.3 Å². The fourth-order valence-electron chi connectivity index (χ4n) is 2.34. The Kier molecular flexibility index (Phi) is 4.27. The van der Waals surface area contributed by atoms with E-state index in [1.54, 1.807) is 38.1 Å². The minimum atomic E-state index is -0.592. The van der Waals surface area contributed by atoms with E-state index in [9.17, 15) is 9.59 Å². The van der Waals surface area contributed by atoms with Gasteiger partial charge in [0.2, 0.25) is 11.8 Å². The van der Waals surface area contributed by atoms with Gasteiger partial charge in [0.25, 0.3) is 0 Å². The highest BCUT2D eigenvalue weighted by atomic mass is 16.5. The molecule has 2 rings (SSSR count). The summed E-state index contributed by atoms with van der Waals surface area (Å²) in [5, 5.41) is 8.95. The Morgan fingerprint density at radius 3 is 2.67 bits per heavy atom. The topological polar surface area (TPSA) is 70.4 Å². The maximum absolute atomic E-state index is 12.0.